The number of rotatable bonds is 4. The lowest BCUT2D eigenvalue weighted by molar-refractivity contribution is 0.102. The molecule has 4 rings (SSSR count). The van der Waals surface area contributed by atoms with E-state index in [9.17, 15) is 4.79 Å². The third-order valence-corrected chi connectivity index (χ3v) is 5.88. The molecule has 29 heavy (non-hydrogen) atoms. The fourth-order valence-corrected chi connectivity index (χ4v) is 4.27. The van der Waals surface area contributed by atoms with Gasteiger partial charge in [-0.25, -0.2) is 4.98 Å². The highest BCUT2D eigenvalue weighted by Gasteiger charge is 2.19. The van der Waals surface area contributed by atoms with Gasteiger partial charge in [-0.3, -0.25) is 14.4 Å². The Bertz CT molecular complexity index is 1040. The molecule has 6 nitrogen and oxygen atoms in total. The number of pyridine rings is 1. The lowest BCUT2D eigenvalue weighted by Crippen LogP contribution is -2.36. The second-order valence-corrected chi connectivity index (χ2v) is 8.19. The zero-order valence-electron chi connectivity index (χ0n) is 17.7. The van der Waals surface area contributed by atoms with E-state index in [0.29, 0.717) is 11.6 Å². The SMILES string of the molecule is Cc1cc(C(=O)Nc2ccc(CN3CCCCC3C)cc2)c2c(C)nn(C)c2n1. The largest absolute Gasteiger partial charge is 0.322 e. The average Bonchev–Trinajstić information content (AvgIpc) is 2.98. The number of fused-ring (bicyclic) bond motifs is 1. The molecule has 1 unspecified atom stereocenters. The van der Waals surface area contributed by atoms with Crippen molar-refractivity contribution in [1.82, 2.24) is 19.7 Å². The van der Waals surface area contributed by atoms with E-state index in [-0.39, 0.29) is 5.91 Å². The van der Waals surface area contributed by atoms with Crippen molar-refractivity contribution in [3.63, 3.8) is 0 Å². The molecule has 1 aliphatic heterocycles. The van der Waals surface area contributed by atoms with Crippen LogP contribution in [0, 0.1) is 13.8 Å². The van der Waals surface area contributed by atoms with Gasteiger partial charge in [0.05, 0.1) is 16.6 Å². The van der Waals surface area contributed by atoms with E-state index in [2.05, 4.69) is 39.4 Å². The molecule has 3 aromatic rings. The highest BCUT2D eigenvalue weighted by Crippen LogP contribution is 2.24. The number of nitrogens with zero attached hydrogens (tertiary/aromatic N) is 4. The van der Waals surface area contributed by atoms with Crippen molar-refractivity contribution >= 4 is 22.6 Å². The minimum absolute atomic E-state index is 0.131. The van der Waals surface area contributed by atoms with Gasteiger partial charge >= 0.3 is 0 Å². The maximum absolute atomic E-state index is 13.0. The van der Waals surface area contributed by atoms with Crippen molar-refractivity contribution in [3.8, 4) is 0 Å². The summed E-state index contributed by atoms with van der Waals surface area (Å²) in [5.74, 6) is -0.131. The number of anilines is 1. The molecule has 1 saturated heterocycles. The first-order chi connectivity index (χ1) is 13.9. The van der Waals surface area contributed by atoms with E-state index in [1.165, 1.54) is 31.4 Å². The summed E-state index contributed by atoms with van der Waals surface area (Å²) in [6, 6.07) is 10.7. The lowest BCUT2D eigenvalue weighted by atomic mass is 10.0. The lowest BCUT2D eigenvalue weighted by Gasteiger charge is -2.33. The van der Waals surface area contributed by atoms with Crippen LogP contribution in [0.2, 0.25) is 0 Å². The van der Waals surface area contributed by atoms with Crippen LogP contribution in [0.25, 0.3) is 11.0 Å². The Morgan fingerprint density at radius 2 is 1.97 bits per heavy atom. The van der Waals surface area contributed by atoms with E-state index in [1.54, 1.807) is 4.68 Å². The van der Waals surface area contributed by atoms with Gasteiger partial charge in [0.2, 0.25) is 0 Å². The number of benzene rings is 1. The summed E-state index contributed by atoms with van der Waals surface area (Å²) in [4.78, 5) is 20.1. The van der Waals surface area contributed by atoms with Gasteiger partial charge in [-0.1, -0.05) is 18.6 Å². The zero-order chi connectivity index (χ0) is 20.5. The van der Waals surface area contributed by atoms with Crippen LogP contribution in [-0.4, -0.2) is 38.2 Å². The van der Waals surface area contributed by atoms with Gasteiger partial charge in [0, 0.05) is 31.0 Å². The Morgan fingerprint density at radius 3 is 2.69 bits per heavy atom. The molecule has 1 fully saturated rings. The topological polar surface area (TPSA) is 63.1 Å². The van der Waals surface area contributed by atoms with Crippen LogP contribution in [0.4, 0.5) is 5.69 Å². The standard InChI is InChI=1S/C23H29N5O/c1-15-13-20(21-17(3)26-27(4)22(21)24-15)23(29)25-19-10-8-18(9-11-19)14-28-12-6-5-7-16(28)2/h8-11,13,16H,5-7,12,14H2,1-4H3,(H,25,29). The summed E-state index contributed by atoms with van der Waals surface area (Å²) in [5.41, 5.74) is 5.04. The van der Waals surface area contributed by atoms with Gasteiger partial charge < -0.3 is 5.32 Å². The van der Waals surface area contributed by atoms with Gasteiger partial charge in [-0.05, 0) is 63.9 Å². The molecule has 0 radical (unpaired) electrons. The Morgan fingerprint density at radius 1 is 1.21 bits per heavy atom. The highest BCUT2D eigenvalue weighted by atomic mass is 16.1. The number of hydrogen-bond acceptors (Lipinski definition) is 4. The Labute approximate surface area is 171 Å². The van der Waals surface area contributed by atoms with Crippen molar-refractivity contribution in [2.75, 3.05) is 11.9 Å². The number of hydrogen-bond donors (Lipinski definition) is 1. The Kier molecular flexibility index (Phi) is 5.37. The molecule has 0 bridgehead atoms. The van der Waals surface area contributed by atoms with Gasteiger partial charge in [-0.15, -0.1) is 0 Å². The number of carbonyl (C=O) groups is 1. The first-order valence-electron chi connectivity index (χ1n) is 10.4. The molecule has 1 aromatic carbocycles. The predicted molar refractivity (Wildman–Crippen MR) is 116 cm³/mol. The van der Waals surface area contributed by atoms with Crippen LogP contribution in [0.3, 0.4) is 0 Å². The highest BCUT2D eigenvalue weighted by molar-refractivity contribution is 6.12. The number of amides is 1. The first-order valence-corrected chi connectivity index (χ1v) is 10.4. The molecule has 1 N–H and O–H groups in total. The monoisotopic (exact) mass is 391 g/mol. The first kappa shape index (κ1) is 19.6. The number of likely N-dealkylation sites (tertiary alicyclic amines) is 1. The second-order valence-electron chi connectivity index (χ2n) is 8.19. The quantitative estimate of drug-likeness (QED) is 0.724. The van der Waals surface area contributed by atoms with Gasteiger partial charge in [-0.2, -0.15) is 5.10 Å². The summed E-state index contributed by atoms with van der Waals surface area (Å²) in [6.45, 7) is 8.25. The third kappa shape index (κ3) is 4.03. The molecule has 0 aliphatic carbocycles. The maximum Gasteiger partial charge on any atom is 0.256 e. The maximum atomic E-state index is 13.0. The van der Waals surface area contributed by atoms with Crippen LogP contribution in [0.1, 0.15) is 53.5 Å². The van der Waals surface area contributed by atoms with Crippen LogP contribution >= 0.6 is 0 Å². The second kappa shape index (κ2) is 7.95. The molecule has 152 valence electrons. The Balaban J connectivity index is 1.51. The number of nitrogens with one attached hydrogen (secondary N) is 1. The number of aromatic nitrogens is 3. The summed E-state index contributed by atoms with van der Waals surface area (Å²) in [5, 5.41) is 8.27. The molecule has 0 spiro atoms. The van der Waals surface area contributed by atoms with Gasteiger partial charge in [0.15, 0.2) is 5.65 Å². The molecule has 2 aromatic heterocycles. The molecule has 0 saturated carbocycles. The summed E-state index contributed by atoms with van der Waals surface area (Å²) in [7, 11) is 1.85. The van der Waals surface area contributed by atoms with Crippen molar-refractivity contribution in [2.45, 2.75) is 52.6 Å². The van der Waals surface area contributed by atoms with Crippen molar-refractivity contribution in [3.05, 3.63) is 52.8 Å². The summed E-state index contributed by atoms with van der Waals surface area (Å²) in [6.07, 6.45) is 3.90. The molecule has 1 amide bonds. The predicted octanol–water partition coefficient (Wildman–Crippen LogP) is 4.21. The number of carbonyl (C=O) groups excluding carboxylic acids is 1. The van der Waals surface area contributed by atoms with Gasteiger partial charge in [0.1, 0.15) is 0 Å². The van der Waals surface area contributed by atoms with Crippen molar-refractivity contribution < 1.29 is 4.79 Å². The number of aryl methyl sites for hydroxylation is 3. The average molecular weight is 392 g/mol. The smallest absolute Gasteiger partial charge is 0.256 e. The van der Waals surface area contributed by atoms with Crippen LogP contribution in [0.5, 0.6) is 0 Å². The van der Waals surface area contributed by atoms with E-state index in [0.717, 1.165) is 34.7 Å². The summed E-state index contributed by atoms with van der Waals surface area (Å²) < 4.78 is 1.73. The molecular weight excluding hydrogens is 362 g/mol. The van der Waals surface area contributed by atoms with Crippen LogP contribution in [-0.2, 0) is 13.6 Å². The minimum atomic E-state index is -0.131. The third-order valence-electron chi connectivity index (χ3n) is 5.88. The molecule has 1 aliphatic rings. The summed E-state index contributed by atoms with van der Waals surface area (Å²) >= 11 is 0. The van der Waals surface area contributed by atoms with E-state index in [1.807, 2.05) is 39.1 Å². The number of piperidine rings is 1. The molecule has 6 heteroatoms. The molecular formula is C23H29N5O. The van der Waals surface area contributed by atoms with E-state index in [4.69, 9.17) is 0 Å². The van der Waals surface area contributed by atoms with Crippen LogP contribution in [0.15, 0.2) is 30.3 Å². The Hall–Kier alpha value is -2.73. The normalized spacial score (nSPS) is 17.6. The van der Waals surface area contributed by atoms with E-state index < -0.39 is 0 Å². The van der Waals surface area contributed by atoms with E-state index >= 15 is 0 Å². The minimum Gasteiger partial charge on any atom is -0.322 e. The van der Waals surface area contributed by atoms with Crippen molar-refractivity contribution in [2.24, 2.45) is 7.05 Å². The fraction of sp³-hybridized carbons (Fsp3) is 0.435. The molecule has 3 heterocycles. The van der Waals surface area contributed by atoms with Gasteiger partial charge in [0.25, 0.3) is 5.91 Å². The molecule has 1 atom stereocenters. The van der Waals surface area contributed by atoms with Crippen LogP contribution < -0.4 is 5.32 Å². The fourth-order valence-electron chi connectivity index (χ4n) is 4.27. The van der Waals surface area contributed by atoms with Crippen molar-refractivity contribution in [1.29, 1.82) is 0 Å². The zero-order valence-corrected chi connectivity index (χ0v) is 17.7.